The van der Waals surface area contributed by atoms with Crippen LogP contribution in [0.4, 0.5) is 30.7 Å². The molecule has 1 aromatic heterocycles. The van der Waals surface area contributed by atoms with E-state index in [0.717, 1.165) is 30.5 Å². The lowest BCUT2D eigenvalue weighted by molar-refractivity contribution is -0.158. The number of Topliss-reactive ketones (excluding diaryl/α,β-unsaturated/α-hetero) is 1. The number of carbonyl (C=O) groups excluding carboxylic acids is 2. The molecule has 2 heterocycles. The number of hydrogen-bond acceptors (Lipinski definition) is 7. The predicted octanol–water partition coefficient (Wildman–Crippen LogP) is 5.08. The quantitative estimate of drug-likeness (QED) is 0.196. The van der Waals surface area contributed by atoms with E-state index < -0.39 is 72.0 Å². The Morgan fingerprint density at radius 3 is 2.37 bits per heavy atom. The number of ether oxygens (including phenoxy) is 2. The first kappa shape index (κ1) is 35.0. The van der Waals surface area contributed by atoms with Crippen LogP contribution in [0.2, 0.25) is 0 Å². The van der Waals surface area contributed by atoms with Crippen molar-refractivity contribution in [2.24, 2.45) is 5.73 Å². The Morgan fingerprint density at radius 2 is 1.72 bits per heavy atom. The van der Waals surface area contributed by atoms with Gasteiger partial charge in [-0.1, -0.05) is 18.2 Å². The molecule has 0 saturated carbocycles. The summed E-state index contributed by atoms with van der Waals surface area (Å²) >= 11 is 0. The number of rotatable bonds is 13. The Hall–Kier alpha value is -3.88. The molecular formula is C32H32F7N3O4. The maximum absolute atomic E-state index is 14.9. The van der Waals surface area contributed by atoms with Gasteiger partial charge in [-0.05, 0) is 59.4 Å². The summed E-state index contributed by atoms with van der Waals surface area (Å²) in [7, 11) is 0. The van der Waals surface area contributed by atoms with Gasteiger partial charge >= 0.3 is 12.1 Å². The van der Waals surface area contributed by atoms with Gasteiger partial charge in [0.05, 0.1) is 43.8 Å². The number of alkyl halides is 3. The number of esters is 1. The molecule has 7 nitrogen and oxygen atoms in total. The third kappa shape index (κ3) is 9.81. The molecule has 0 bridgehead atoms. The Balaban J connectivity index is 1.37. The van der Waals surface area contributed by atoms with Gasteiger partial charge in [-0.3, -0.25) is 14.6 Å². The molecule has 0 aliphatic carbocycles. The zero-order valence-electron chi connectivity index (χ0n) is 24.5. The maximum atomic E-state index is 14.9. The molecule has 248 valence electrons. The molecule has 2 aromatic carbocycles. The lowest BCUT2D eigenvalue weighted by Crippen LogP contribution is -2.49. The fraction of sp³-hybridized carbons (Fsp3) is 0.406. The smallest absolute Gasteiger partial charge is 0.389 e. The Morgan fingerprint density at radius 1 is 1.00 bits per heavy atom. The van der Waals surface area contributed by atoms with Gasteiger partial charge in [0.15, 0.2) is 17.4 Å². The zero-order chi connectivity index (χ0) is 33.4. The standard InChI is InChI=1S/C32H32F7N3O4/c33-21-4-1-18(2-5-21)30(19-3-8-25(34)26(35)11-19)31(40)28(43)12-20-13-41-15-27(36)24(20)7-6-23-14-42-22(16-45-23)17-46-29(44)9-10-32(37,38)39/h1-5,8,11,13,15,22-23,30-31,42H,6-7,9-10,12,14,16-17,40H2/t22-,23+,30-,31+/m0/s1. The Labute approximate surface area is 260 Å². The monoisotopic (exact) mass is 655 g/mol. The van der Waals surface area contributed by atoms with Crippen LogP contribution in [0.3, 0.4) is 0 Å². The highest BCUT2D eigenvalue weighted by atomic mass is 19.4. The average molecular weight is 656 g/mol. The van der Waals surface area contributed by atoms with Gasteiger partial charge in [0, 0.05) is 25.1 Å². The third-order valence-electron chi connectivity index (χ3n) is 7.66. The minimum absolute atomic E-state index is 0.102. The normalized spacial score (nSPS) is 18.2. The summed E-state index contributed by atoms with van der Waals surface area (Å²) in [5.41, 5.74) is 7.46. The van der Waals surface area contributed by atoms with Gasteiger partial charge in [-0.15, -0.1) is 0 Å². The summed E-state index contributed by atoms with van der Waals surface area (Å²) in [6.07, 6.45) is -4.37. The average Bonchev–Trinajstić information content (AvgIpc) is 3.01. The SMILES string of the molecule is N[C@H](C(=O)Cc1cncc(F)c1CC[C@@H]1CN[C@H](COC(=O)CCC(F)(F)F)CO1)[C@@H](c1ccc(F)cc1)c1ccc(F)c(F)c1. The maximum Gasteiger partial charge on any atom is 0.389 e. The van der Waals surface area contributed by atoms with E-state index in [1.807, 2.05) is 0 Å². The van der Waals surface area contributed by atoms with Crippen LogP contribution in [0.5, 0.6) is 0 Å². The van der Waals surface area contributed by atoms with Crippen LogP contribution in [0.15, 0.2) is 54.9 Å². The molecule has 46 heavy (non-hydrogen) atoms. The molecule has 3 N–H and O–H groups in total. The van der Waals surface area contributed by atoms with E-state index in [1.54, 1.807) is 0 Å². The van der Waals surface area contributed by atoms with Crippen molar-refractivity contribution in [2.45, 2.75) is 62.4 Å². The van der Waals surface area contributed by atoms with Crippen molar-refractivity contribution in [2.75, 3.05) is 19.8 Å². The van der Waals surface area contributed by atoms with Crippen LogP contribution in [0.1, 0.15) is 47.4 Å². The van der Waals surface area contributed by atoms with Gasteiger partial charge in [-0.2, -0.15) is 13.2 Å². The number of aromatic nitrogens is 1. The molecule has 4 rings (SSSR count). The fourth-order valence-electron chi connectivity index (χ4n) is 5.18. The molecule has 1 aliphatic heterocycles. The van der Waals surface area contributed by atoms with Crippen LogP contribution in [0.25, 0.3) is 0 Å². The first-order chi connectivity index (χ1) is 21.8. The van der Waals surface area contributed by atoms with Crippen molar-refractivity contribution in [3.05, 3.63) is 100 Å². The van der Waals surface area contributed by atoms with Gasteiger partial charge < -0.3 is 20.5 Å². The minimum Gasteiger partial charge on any atom is -0.464 e. The molecular weight excluding hydrogens is 623 g/mol. The van der Waals surface area contributed by atoms with E-state index in [9.17, 15) is 40.3 Å². The van der Waals surface area contributed by atoms with Crippen molar-refractivity contribution >= 4 is 11.8 Å². The van der Waals surface area contributed by atoms with Gasteiger partial charge in [0.25, 0.3) is 0 Å². The molecule has 0 amide bonds. The number of carbonyl (C=O) groups is 2. The first-order valence-electron chi connectivity index (χ1n) is 14.5. The van der Waals surface area contributed by atoms with Gasteiger partial charge in [-0.25, -0.2) is 17.6 Å². The van der Waals surface area contributed by atoms with Crippen molar-refractivity contribution in [3.8, 4) is 0 Å². The van der Waals surface area contributed by atoms with E-state index in [2.05, 4.69) is 10.3 Å². The molecule has 3 aromatic rings. The summed E-state index contributed by atoms with van der Waals surface area (Å²) < 4.78 is 104. The molecule has 1 aliphatic rings. The molecule has 4 atom stereocenters. The summed E-state index contributed by atoms with van der Waals surface area (Å²) in [5.74, 6) is -5.91. The summed E-state index contributed by atoms with van der Waals surface area (Å²) in [4.78, 5) is 28.9. The summed E-state index contributed by atoms with van der Waals surface area (Å²) in [5, 5.41) is 3.09. The Bertz CT molecular complexity index is 1500. The van der Waals surface area contributed by atoms with Crippen LogP contribution in [-0.4, -0.2) is 60.9 Å². The number of morpholine rings is 1. The second kappa shape index (κ2) is 15.6. The number of benzene rings is 2. The van der Waals surface area contributed by atoms with Crippen molar-refractivity contribution in [1.29, 1.82) is 0 Å². The van der Waals surface area contributed by atoms with Crippen LogP contribution >= 0.6 is 0 Å². The number of nitrogens with one attached hydrogen (secondary N) is 1. The van der Waals surface area contributed by atoms with E-state index >= 15 is 0 Å². The Kier molecular flexibility index (Phi) is 11.9. The van der Waals surface area contributed by atoms with Crippen molar-refractivity contribution < 1.29 is 49.8 Å². The summed E-state index contributed by atoms with van der Waals surface area (Å²) in [6.45, 7) is 0.230. The third-order valence-corrected chi connectivity index (χ3v) is 7.66. The fourth-order valence-corrected chi connectivity index (χ4v) is 5.18. The topological polar surface area (TPSA) is 104 Å². The molecule has 0 radical (unpaired) electrons. The predicted molar refractivity (Wildman–Crippen MR) is 152 cm³/mol. The molecule has 14 heteroatoms. The highest BCUT2D eigenvalue weighted by Gasteiger charge is 2.31. The molecule has 0 unspecified atom stereocenters. The minimum atomic E-state index is -4.46. The van der Waals surface area contributed by atoms with Crippen LogP contribution < -0.4 is 11.1 Å². The highest BCUT2D eigenvalue weighted by Crippen LogP contribution is 2.30. The number of nitrogens with two attached hydrogens (primary N) is 1. The highest BCUT2D eigenvalue weighted by molar-refractivity contribution is 5.87. The van der Waals surface area contributed by atoms with E-state index in [1.165, 1.54) is 24.4 Å². The number of nitrogens with zero attached hydrogens (tertiary/aromatic N) is 1. The van der Waals surface area contributed by atoms with Gasteiger partial charge in [0.2, 0.25) is 0 Å². The zero-order valence-corrected chi connectivity index (χ0v) is 24.5. The van der Waals surface area contributed by atoms with Crippen molar-refractivity contribution in [3.63, 3.8) is 0 Å². The lowest BCUT2D eigenvalue weighted by atomic mass is 9.82. The van der Waals surface area contributed by atoms with Crippen LogP contribution in [-0.2, 0) is 31.9 Å². The molecule has 0 spiro atoms. The number of ketones is 1. The number of hydrogen-bond donors (Lipinski definition) is 2. The largest absolute Gasteiger partial charge is 0.464 e. The molecule has 1 fully saturated rings. The van der Waals surface area contributed by atoms with Crippen LogP contribution in [0, 0.1) is 23.3 Å². The number of pyridine rings is 1. The van der Waals surface area contributed by atoms with Crippen molar-refractivity contribution in [1.82, 2.24) is 10.3 Å². The summed E-state index contributed by atoms with van der Waals surface area (Å²) in [6, 6.07) is 6.49. The second-order valence-electron chi connectivity index (χ2n) is 11.0. The number of halogens is 7. The van der Waals surface area contributed by atoms with E-state index in [0.29, 0.717) is 18.5 Å². The molecule has 1 saturated heterocycles. The lowest BCUT2D eigenvalue weighted by Gasteiger charge is -2.30. The van der Waals surface area contributed by atoms with E-state index in [-0.39, 0.29) is 48.8 Å². The van der Waals surface area contributed by atoms with E-state index in [4.69, 9.17) is 15.2 Å². The first-order valence-corrected chi connectivity index (χ1v) is 14.5. The van der Waals surface area contributed by atoms with Gasteiger partial charge in [0.1, 0.15) is 18.2 Å². The second-order valence-corrected chi connectivity index (χ2v) is 11.0.